The molecule has 0 aliphatic carbocycles. The minimum absolute atomic E-state index is 0.215. The van der Waals surface area contributed by atoms with E-state index in [1.807, 2.05) is 13.0 Å². The molecule has 1 aromatic carbocycles. The van der Waals surface area contributed by atoms with E-state index in [9.17, 15) is 4.39 Å². The lowest BCUT2D eigenvalue weighted by atomic mass is 10.1. The van der Waals surface area contributed by atoms with Crippen molar-refractivity contribution in [3.63, 3.8) is 0 Å². The molecule has 0 saturated carbocycles. The maximum atomic E-state index is 12.9. The van der Waals surface area contributed by atoms with Crippen LogP contribution in [0.15, 0.2) is 30.9 Å². The fourth-order valence-corrected chi connectivity index (χ4v) is 1.30. The molecule has 76 valence electrons. The average Bonchev–Trinajstić information content (AvgIpc) is 2.18. The summed E-state index contributed by atoms with van der Waals surface area (Å²) in [6.07, 6.45) is 3.43. The summed E-state index contributed by atoms with van der Waals surface area (Å²) in [5.74, 6) is 0.559. The van der Waals surface area contributed by atoms with E-state index in [1.165, 1.54) is 12.1 Å². The second kappa shape index (κ2) is 5.43. The van der Waals surface area contributed by atoms with Crippen molar-refractivity contribution in [1.82, 2.24) is 0 Å². The Morgan fingerprint density at radius 1 is 1.50 bits per heavy atom. The summed E-state index contributed by atoms with van der Waals surface area (Å²) in [6.45, 7) is 6.16. The average molecular weight is 194 g/mol. The van der Waals surface area contributed by atoms with Gasteiger partial charge in [0.2, 0.25) is 0 Å². The van der Waals surface area contributed by atoms with E-state index in [2.05, 4.69) is 6.58 Å². The predicted molar refractivity (Wildman–Crippen MR) is 56.1 cm³/mol. The smallest absolute Gasteiger partial charge is 0.123 e. The second-order valence-electron chi connectivity index (χ2n) is 3.01. The van der Waals surface area contributed by atoms with E-state index in [0.717, 1.165) is 24.2 Å². The Hall–Kier alpha value is -1.31. The molecule has 0 saturated heterocycles. The summed E-state index contributed by atoms with van der Waals surface area (Å²) >= 11 is 0. The highest BCUT2D eigenvalue weighted by atomic mass is 19.1. The van der Waals surface area contributed by atoms with Gasteiger partial charge in [-0.1, -0.05) is 6.08 Å². The van der Waals surface area contributed by atoms with E-state index in [0.29, 0.717) is 6.61 Å². The minimum Gasteiger partial charge on any atom is -0.494 e. The number of allylic oxidation sites excluding steroid dienone is 1. The second-order valence-corrected chi connectivity index (χ2v) is 3.01. The molecule has 0 heterocycles. The quantitative estimate of drug-likeness (QED) is 0.653. The van der Waals surface area contributed by atoms with Gasteiger partial charge in [0.25, 0.3) is 0 Å². The molecule has 1 aromatic rings. The predicted octanol–water partition coefficient (Wildman–Crippen LogP) is 3.34. The molecule has 1 nitrogen and oxygen atoms in total. The van der Waals surface area contributed by atoms with E-state index in [-0.39, 0.29) is 5.82 Å². The van der Waals surface area contributed by atoms with Gasteiger partial charge >= 0.3 is 0 Å². The summed E-state index contributed by atoms with van der Waals surface area (Å²) in [4.78, 5) is 0. The number of ether oxygens (including phenoxy) is 1. The van der Waals surface area contributed by atoms with Gasteiger partial charge in [-0.25, -0.2) is 4.39 Å². The Kier molecular flexibility index (Phi) is 4.17. The summed E-state index contributed by atoms with van der Waals surface area (Å²) in [5.41, 5.74) is 0.909. The van der Waals surface area contributed by atoms with Crippen LogP contribution in [0.2, 0.25) is 0 Å². The molecule has 0 aliphatic rings. The number of hydrogen-bond acceptors (Lipinski definition) is 1. The van der Waals surface area contributed by atoms with Crippen LogP contribution in [-0.4, -0.2) is 6.61 Å². The summed E-state index contributed by atoms with van der Waals surface area (Å²) in [5, 5.41) is 0. The van der Waals surface area contributed by atoms with Gasteiger partial charge in [0.1, 0.15) is 11.6 Å². The van der Waals surface area contributed by atoms with Gasteiger partial charge in [-0.2, -0.15) is 0 Å². The lowest BCUT2D eigenvalue weighted by Gasteiger charge is -2.09. The third kappa shape index (κ3) is 2.87. The zero-order valence-corrected chi connectivity index (χ0v) is 8.42. The fourth-order valence-electron chi connectivity index (χ4n) is 1.30. The Bertz CT molecular complexity index is 307. The Labute approximate surface area is 84.2 Å². The Morgan fingerprint density at radius 3 is 2.93 bits per heavy atom. The van der Waals surface area contributed by atoms with Crippen LogP contribution in [-0.2, 0) is 6.42 Å². The van der Waals surface area contributed by atoms with E-state index in [1.54, 1.807) is 6.07 Å². The van der Waals surface area contributed by atoms with Crippen LogP contribution in [0.4, 0.5) is 4.39 Å². The maximum absolute atomic E-state index is 12.9. The van der Waals surface area contributed by atoms with Gasteiger partial charge in [0.15, 0.2) is 0 Å². The van der Waals surface area contributed by atoms with Crippen molar-refractivity contribution < 1.29 is 9.13 Å². The molecular weight excluding hydrogens is 179 g/mol. The van der Waals surface area contributed by atoms with Crippen LogP contribution < -0.4 is 4.74 Å². The third-order valence-corrected chi connectivity index (χ3v) is 1.94. The molecule has 0 amide bonds. The van der Waals surface area contributed by atoms with E-state index < -0.39 is 0 Å². The number of aryl methyl sites for hydroxylation is 1. The monoisotopic (exact) mass is 194 g/mol. The zero-order chi connectivity index (χ0) is 10.4. The highest BCUT2D eigenvalue weighted by Gasteiger charge is 2.03. The van der Waals surface area contributed by atoms with Crippen molar-refractivity contribution in [1.29, 1.82) is 0 Å². The summed E-state index contributed by atoms with van der Waals surface area (Å²) in [6, 6.07) is 4.62. The summed E-state index contributed by atoms with van der Waals surface area (Å²) in [7, 11) is 0. The number of benzene rings is 1. The van der Waals surface area contributed by atoms with Gasteiger partial charge in [-0.05, 0) is 43.5 Å². The fraction of sp³-hybridized carbons (Fsp3) is 0.333. The molecule has 0 bridgehead atoms. The molecule has 0 fully saturated rings. The van der Waals surface area contributed by atoms with Crippen LogP contribution in [0.25, 0.3) is 0 Å². The molecule has 0 radical (unpaired) electrons. The van der Waals surface area contributed by atoms with Crippen molar-refractivity contribution in [3.05, 3.63) is 42.2 Å². The van der Waals surface area contributed by atoms with E-state index in [4.69, 9.17) is 4.74 Å². The molecule has 2 heteroatoms. The van der Waals surface area contributed by atoms with Crippen LogP contribution in [0.1, 0.15) is 18.9 Å². The number of halogens is 1. The molecule has 14 heavy (non-hydrogen) atoms. The topological polar surface area (TPSA) is 9.23 Å². The molecule has 0 unspecified atom stereocenters. The highest BCUT2D eigenvalue weighted by Crippen LogP contribution is 2.21. The van der Waals surface area contributed by atoms with Gasteiger partial charge in [-0.15, -0.1) is 6.58 Å². The van der Waals surface area contributed by atoms with Crippen LogP contribution in [0.5, 0.6) is 5.75 Å². The van der Waals surface area contributed by atoms with Gasteiger partial charge in [0, 0.05) is 0 Å². The normalized spacial score (nSPS) is 9.86. The first-order valence-electron chi connectivity index (χ1n) is 4.80. The molecule has 0 aliphatic heterocycles. The molecule has 0 spiro atoms. The van der Waals surface area contributed by atoms with Crippen molar-refractivity contribution in [2.45, 2.75) is 19.8 Å². The number of hydrogen-bond donors (Lipinski definition) is 0. The maximum Gasteiger partial charge on any atom is 0.123 e. The van der Waals surface area contributed by atoms with Crippen LogP contribution >= 0.6 is 0 Å². The van der Waals surface area contributed by atoms with Crippen molar-refractivity contribution in [2.75, 3.05) is 6.61 Å². The summed E-state index contributed by atoms with van der Waals surface area (Å²) < 4.78 is 18.3. The first kappa shape index (κ1) is 10.8. The highest BCUT2D eigenvalue weighted by molar-refractivity contribution is 5.34. The molecule has 1 rings (SSSR count). The van der Waals surface area contributed by atoms with E-state index >= 15 is 0 Å². The number of rotatable bonds is 5. The van der Waals surface area contributed by atoms with Gasteiger partial charge in [0.05, 0.1) is 6.61 Å². The van der Waals surface area contributed by atoms with Gasteiger partial charge < -0.3 is 4.74 Å². The van der Waals surface area contributed by atoms with Crippen LogP contribution in [0, 0.1) is 5.82 Å². The first-order valence-corrected chi connectivity index (χ1v) is 4.80. The molecular formula is C12H15FO. The van der Waals surface area contributed by atoms with Crippen molar-refractivity contribution in [2.24, 2.45) is 0 Å². The molecule has 0 N–H and O–H groups in total. The van der Waals surface area contributed by atoms with Crippen LogP contribution in [0.3, 0.4) is 0 Å². The Morgan fingerprint density at radius 2 is 2.29 bits per heavy atom. The molecule has 0 aromatic heterocycles. The lowest BCUT2D eigenvalue weighted by Crippen LogP contribution is -1.97. The third-order valence-electron chi connectivity index (χ3n) is 1.94. The minimum atomic E-state index is -0.215. The SMILES string of the molecule is C=CCCc1cc(F)ccc1OCC. The molecule has 0 atom stereocenters. The van der Waals surface area contributed by atoms with Crippen molar-refractivity contribution in [3.8, 4) is 5.75 Å². The standard InChI is InChI=1S/C12H15FO/c1-3-5-6-10-9-11(13)7-8-12(10)14-4-2/h3,7-9H,1,4-6H2,2H3. The Balaban J connectivity index is 2.84. The zero-order valence-electron chi connectivity index (χ0n) is 8.42. The lowest BCUT2D eigenvalue weighted by molar-refractivity contribution is 0.336. The van der Waals surface area contributed by atoms with Gasteiger partial charge in [-0.3, -0.25) is 0 Å². The first-order chi connectivity index (χ1) is 6.77. The van der Waals surface area contributed by atoms with Crippen molar-refractivity contribution >= 4 is 0 Å². The largest absolute Gasteiger partial charge is 0.494 e.